The largest absolute Gasteiger partial charge is 0.493 e. The highest BCUT2D eigenvalue weighted by atomic mass is 35.5. The molecule has 0 aliphatic heterocycles. The van der Waals surface area contributed by atoms with Crippen molar-refractivity contribution in [1.82, 2.24) is 10.6 Å². The minimum absolute atomic E-state index is 0.0698. The number of nitrogens with one attached hydrogen (secondary N) is 2. The highest BCUT2D eigenvalue weighted by Crippen LogP contribution is 2.33. The summed E-state index contributed by atoms with van der Waals surface area (Å²) in [4.78, 5) is 0. The van der Waals surface area contributed by atoms with Gasteiger partial charge in [0.2, 0.25) is 0 Å². The molecule has 0 radical (unpaired) electrons. The van der Waals surface area contributed by atoms with Gasteiger partial charge in [-0.3, -0.25) is 0 Å². The molecule has 22 heavy (non-hydrogen) atoms. The van der Waals surface area contributed by atoms with Crippen LogP contribution in [0.15, 0.2) is 12.1 Å². The van der Waals surface area contributed by atoms with E-state index in [2.05, 4.69) is 10.6 Å². The minimum Gasteiger partial charge on any atom is -0.493 e. The third-order valence-corrected chi connectivity index (χ3v) is 3.36. The Hall–Kier alpha value is -1.01. The van der Waals surface area contributed by atoms with Gasteiger partial charge in [0.1, 0.15) is 0 Å². The molecule has 0 spiro atoms. The first kappa shape index (κ1) is 19.0. The van der Waals surface area contributed by atoms with Crippen molar-refractivity contribution in [3.8, 4) is 11.5 Å². The van der Waals surface area contributed by atoms with Crippen LogP contribution < -0.4 is 20.1 Å². The van der Waals surface area contributed by atoms with E-state index in [1.165, 1.54) is 0 Å². The molecule has 0 aliphatic rings. The van der Waals surface area contributed by atoms with E-state index in [0.717, 1.165) is 25.1 Å². The first-order valence-corrected chi connectivity index (χ1v) is 8.01. The van der Waals surface area contributed by atoms with Gasteiger partial charge in [-0.05, 0) is 45.0 Å². The number of halogens is 1. The van der Waals surface area contributed by atoms with E-state index >= 15 is 0 Å². The van der Waals surface area contributed by atoms with Crippen LogP contribution in [0.1, 0.15) is 25.8 Å². The lowest BCUT2D eigenvalue weighted by atomic mass is 10.2. The fourth-order valence-corrected chi connectivity index (χ4v) is 2.20. The Morgan fingerprint density at radius 1 is 1.14 bits per heavy atom. The second-order valence-electron chi connectivity index (χ2n) is 5.27. The molecule has 1 aromatic carbocycles. The van der Waals surface area contributed by atoms with Gasteiger partial charge in [0, 0.05) is 24.2 Å². The summed E-state index contributed by atoms with van der Waals surface area (Å²) in [5, 5.41) is 15.8. The maximum absolute atomic E-state index is 8.66. The van der Waals surface area contributed by atoms with E-state index in [0.29, 0.717) is 29.6 Å². The molecule has 0 saturated heterocycles. The second-order valence-corrected chi connectivity index (χ2v) is 5.67. The van der Waals surface area contributed by atoms with Crippen LogP contribution in [-0.2, 0) is 6.54 Å². The Morgan fingerprint density at radius 3 is 2.50 bits per heavy atom. The van der Waals surface area contributed by atoms with E-state index in [4.69, 9.17) is 26.2 Å². The SMILES string of the molecule is COc1cc(CNCCCNCCO)c(Cl)cc1OC(C)C. The van der Waals surface area contributed by atoms with Crippen LogP contribution in [-0.4, -0.2) is 44.6 Å². The minimum atomic E-state index is 0.0698. The molecule has 0 fully saturated rings. The molecular weight excluding hydrogens is 304 g/mol. The number of ether oxygens (including phenoxy) is 2. The zero-order valence-electron chi connectivity index (χ0n) is 13.6. The smallest absolute Gasteiger partial charge is 0.163 e. The van der Waals surface area contributed by atoms with Crippen molar-refractivity contribution >= 4 is 11.6 Å². The molecule has 0 aromatic heterocycles. The highest BCUT2D eigenvalue weighted by Gasteiger charge is 2.11. The normalized spacial score (nSPS) is 11.0. The van der Waals surface area contributed by atoms with Crippen LogP contribution in [0.3, 0.4) is 0 Å². The van der Waals surface area contributed by atoms with Crippen LogP contribution in [0.2, 0.25) is 5.02 Å². The maximum Gasteiger partial charge on any atom is 0.163 e. The molecule has 0 aliphatic carbocycles. The Kier molecular flexibility index (Phi) is 9.24. The summed E-state index contributed by atoms with van der Waals surface area (Å²) in [6, 6.07) is 3.72. The zero-order chi connectivity index (χ0) is 16.4. The standard InChI is InChI=1S/C16H27ClN2O3/c1-12(2)22-16-10-14(17)13(9-15(16)21-3)11-19-6-4-5-18-7-8-20/h9-10,12,18-20H,4-8,11H2,1-3H3. The molecule has 0 heterocycles. The Balaban J connectivity index is 2.49. The van der Waals surface area contributed by atoms with Gasteiger partial charge in [-0.15, -0.1) is 0 Å². The summed E-state index contributed by atoms with van der Waals surface area (Å²) >= 11 is 6.31. The van der Waals surface area contributed by atoms with Crippen LogP contribution in [0.5, 0.6) is 11.5 Å². The Morgan fingerprint density at radius 2 is 1.86 bits per heavy atom. The lowest BCUT2D eigenvalue weighted by Gasteiger charge is -2.16. The van der Waals surface area contributed by atoms with Gasteiger partial charge >= 0.3 is 0 Å². The van der Waals surface area contributed by atoms with Gasteiger partial charge in [-0.2, -0.15) is 0 Å². The van der Waals surface area contributed by atoms with E-state index in [1.54, 1.807) is 13.2 Å². The van der Waals surface area contributed by atoms with Crippen LogP contribution in [0, 0.1) is 0 Å². The molecule has 5 nitrogen and oxygen atoms in total. The fraction of sp³-hybridized carbons (Fsp3) is 0.625. The third-order valence-electron chi connectivity index (χ3n) is 3.01. The predicted octanol–water partition coefficient (Wildman–Crippen LogP) is 2.20. The highest BCUT2D eigenvalue weighted by molar-refractivity contribution is 6.31. The van der Waals surface area contributed by atoms with Crippen molar-refractivity contribution in [2.24, 2.45) is 0 Å². The molecule has 0 atom stereocenters. The Labute approximate surface area is 138 Å². The van der Waals surface area contributed by atoms with Gasteiger partial charge < -0.3 is 25.2 Å². The number of aliphatic hydroxyl groups is 1. The maximum atomic E-state index is 8.66. The molecular formula is C16H27ClN2O3. The molecule has 0 bridgehead atoms. The van der Waals surface area contributed by atoms with E-state index < -0.39 is 0 Å². The van der Waals surface area contributed by atoms with Crippen molar-refractivity contribution in [2.75, 3.05) is 33.4 Å². The van der Waals surface area contributed by atoms with Crippen molar-refractivity contribution in [1.29, 1.82) is 0 Å². The van der Waals surface area contributed by atoms with Gasteiger partial charge in [-0.1, -0.05) is 11.6 Å². The molecule has 0 saturated carbocycles. The first-order valence-electron chi connectivity index (χ1n) is 7.63. The van der Waals surface area contributed by atoms with E-state index in [9.17, 15) is 0 Å². The second kappa shape index (κ2) is 10.7. The summed E-state index contributed by atoms with van der Waals surface area (Å²) < 4.78 is 11.1. The van der Waals surface area contributed by atoms with Gasteiger partial charge in [0.15, 0.2) is 11.5 Å². The predicted molar refractivity (Wildman–Crippen MR) is 90.0 cm³/mol. The number of methoxy groups -OCH3 is 1. The van der Waals surface area contributed by atoms with Crippen molar-refractivity contribution in [3.05, 3.63) is 22.7 Å². The van der Waals surface area contributed by atoms with Crippen LogP contribution in [0.4, 0.5) is 0 Å². The van der Waals surface area contributed by atoms with Gasteiger partial charge in [0.05, 0.1) is 19.8 Å². The fourth-order valence-electron chi connectivity index (χ4n) is 1.98. The number of aliphatic hydroxyl groups excluding tert-OH is 1. The average Bonchev–Trinajstić information content (AvgIpc) is 2.47. The molecule has 0 unspecified atom stereocenters. The molecule has 1 rings (SSSR count). The lowest BCUT2D eigenvalue weighted by Crippen LogP contribution is -2.24. The van der Waals surface area contributed by atoms with E-state index in [-0.39, 0.29) is 12.7 Å². The molecule has 3 N–H and O–H groups in total. The van der Waals surface area contributed by atoms with Crippen molar-refractivity contribution < 1.29 is 14.6 Å². The monoisotopic (exact) mass is 330 g/mol. The summed E-state index contributed by atoms with van der Waals surface area (Å²) in [7, 11) is 1.63. The van der Waals surface area contributed by atoms with Gasteiger partial charge in [-0.25, -0.2) is 0 Å². The molecule has 1 aromatic rings. The van der Waals surface area contributed by atoms with Crippen molar-refractivity contribution in [2.45, 2.75) is 32.9 Å². The summed E-state index contributed by atoms with van der Waals surface area (Å²) in [6.45, 7) is 7.18. The molecule has 6 heteroatoms. The topological polar surface area (TPSA) is 62.8 Å². The number of benzene rings is 1. The quantitative estimate of drug-likeness (QED) is 0.543. The molecule has 0 amide bonds. The third kappa shape index (κ3) is 6.83. The number of hydrogen-bond acceptors (Lipinski definition) is 5. The number of rotatable bonds is 11. The van der Waals surface area contributed by atoms with Gasteiger partial charge in [0.25, 0.3) is 0 Å². The first-order chi connectivity index (χ1) is 10.6. The Bertz CT molecular complexity index is 442. The summed E-state index contributed by atoms with van der Waals surface area (Å²) in [5.74, 6) is 1.36. The van der Waals surface area contributed by atoms with Crippen LogP contribution in [0.25, 0.3) is 0 Å². The lowest BCUT2D eigenvalue weighted by molar-refractivity contribution is 0.230. The summed E-state index contributed by atoms with van der Waals surface area (Å²) in [5.41, 5.74) is 0.984. The number of hydrogen-bond donors (Lipinski definition) is 3. The van der Waals surface area contributed by atoms with Crippen LogP contribution >= 0.6 is 11.6 Å². The molecule has 126 valence electrons. The van der Waals surface area contributed by atoms with Crippen molar-refractivity contribution in [3.63, 3.8) is 0 Å². The zero-order valence-corrected chi connectivity index (χ0v) is 14.4. The average molecular weight is 331 g/mol. The van der Waals surface area contributed by atoms with E-state index in [1.807, 2.05) is 19.9 Å². The summed E-state index contributed by atoms with van der Waals surface area (Å²) in [6.07, 6.45) is 1.06.